The Morgan fingerprint density at radius 2 is 1.79 bits per heavy atom. The highest BCUT2D eigenvalue weighted by molar-refractivity contribution is 7.89. The van der Waals surface area contributed by atoms with Crippen molar-refractivity contribution >= 4 is 21.8 Å². The second kappa shape index (κ2) is 6.76. The van der Waals surface area contributed by atoms with Gasteiger partial charge in [-0.1, -0.05) is 20.8 Å². The highest BCUT2D eigenvalue weighted by Gasteiger charge is 2.65. The smallest absolute Gasteiger partial charge is 0.225 e. The summed E-state index contributed by atoms with van der Waals surface area (Å²) in [7, 11) is -3.49. The Morgan fingerprint density at radius 3 is 2.29 bits per heavy atom. The maximum absolute atomic E-state index is 13.2. The fourth-order valence-corrected chi connectivity index (χ4v) is 7.57. The zero-order chi connectivity index (χ0) is 20.2. The van der Waals surface area contributed by atoms with Crippen LogP contribution < -0.4 is 4.90 Å². The summed E-state index contributed by atoms with van der Waals surface area (Å²) >= 11 is 0. The Labute approximate surface area is 167 Å². The average Bonchev–Trinajstić information content (AvgIpc) is 3.02. The first-order chi connectivity index (χ1) is 13.2. The van der Waals surface area contributed by atoms with Gasteiger partial charge < -0.3 is 4.90 Å². The maximum atomic E-state index is 13.2. The first-order valence-corrected chi connectivity index (χ1v) is 11.9. The van der Waals surface area contributed by atoms with Gasteiger partial charge in [0.25, 0.3) is 0 Å². The molecular weight excluding hydrogens is 376 g/mol. The number of fused-ring (bicyclic) bond motifs is 2. The minimum Gasteiger partial charge on any atom is -0.338 e. The van der Waals surface area contributed by atoms with Crippen molar-refractivity contribution in [2.45, 2.75) is 46.5 Å². The van der Waals surface area contributed by atoms with Gasteiger partial charge in [0.1, 0.15) is 5.78 Å². The molecule has 0 radical (unpaired) electrons. The molecule has 2 unspecified atom stereocenters. The Hall–Kier alpha value is -1.54. The molecule has 0 N–H and O–H groups in total. The number of piperazine rings is 1. The van der Waals surface area contributed by atoms with Crippen LogP contribution in [0.3, 0.4) is 0 Å². The van der Waals surface area contributed by atoms with Crippen LogP contribution in [0, 0.1) is 16.7 Å². The molecule has 3 fully saturated rings. The van der Waals surface area contributed by atoms with E-state index < -0.39 is 15.4 Å². The maximum Gasteiger partial charge on any atom is 0.225 e. The highest BCUT2D eigenvalue weighted by atomic mass is 32.2. The van der Waals surface area contributed by atoms with Crippen LogP contribution in [-0.2, 0) is 21.2 Å². The first-order valence-electron chi connectivity index (χ1n) is 10.3. The number of ketones is 1. The van der Waals surface area contributed by atoms with Crippen LogP contribution >= 0.6 is 0 Å². The van der Waals surface area contributed by atoms with Crippen molar-refractivity contribution < 1.29 is 13.2 Å². The number of hydrogen-bond donors (Lipinski definition) is 0. The van der Waals surface area contributed by atoms with Crippen LogP contribution in [-0.4, -0.2) is 60.4 Å². The predicted octanol–water partition coefficient (Wildman–Crippen LogP) is 1.89. The molecule has 1 saturated heterocycles. The largest absolute Gasteiger partial charge is 0.338 e. The van der Waals surface area contributed by atoms with Crippen LogP contribution in [0.5, 0.6) is 0 Å². The molecule has 1 aromatic heterocycles. The van der Waals surface area contributed by atoms with Gasteiger partial charge in [0, 0.05) is 50.4 Å². The number of carbonyl (C=O) groups is 1. The second-order valence-corrected chi connectivity index (χ2v) is 11.0. The molecular formula is C20H30N4O3S. The quantitative estimate of drug-likeness (QED) is 0.742. The zero-order valence-corrected chi connectivity index (χ0v) is 17.8. The second-order valence-electron chi connectivity index (χ2n) is 9.05. The van der Waals surface area contributed by atoms with Gasteiger partial charge in [-0.05, 0) is 36.2 Å². The summed E-state index contributed by atoms with van der Waals surface area (Å²) in [6.45, 7) is 8.19. The molecule has 0 spiro atoms. The van der Waals surface area contributed by atoms with Gasteiger partial charge in [-0.3, -0.25) is 4.79 Å². The summed E-state index contributed by atoms with van der Waals surface area (Å²) in [4.78, 5) is 23.6. The molecule has 0 aromatic carbocycles. The number of anilines is 1. The van der Waals surface area contributed by atoms with Crippen molar-refractivity contribution in [1.82, 2.24) is 14.3 Å². The van der Waals surface area contributed by atoms with Crippen molar-refractivity contribution in [3.05, 3.63) is 18.0 Å². The molecule has 7 nitrogen and oxygen atoms in total. The number of aromatic nitrogens is 2. The summed E-state index contributed by atoms with van der Waals surface area (Å²) in [5.74, 6) is 1.10. The van der Waals surface area contributed by atoms with E-state index >= 15 is 0 Å². The first kappa shape index (κ1) is 19.8. The number of carbonyl (C=O) groups excluding carboxylic acids is 1. The van der Waals surface area contributed by atoms with Gasteiger partial charge in [-0.15, -0.1) is 0 Å². The molecule has 2 aliphatic carbocycles. The van der Waals surface area contributed by atoms with E-state index in [1.165, 1.54) is 0 Å². The number of aryl methyl sites for hydroxylation is 1. The lowest BCUT2D eigenvalue weighted by Gasteiger charge is -2.39. The molecule has 1 aromatic rings. The molecule has 154 valence electrons. The summed E-state index contributed by atoms with van der Waals surface area (Å²) in [5, 5.41) is 0. The van der Waals surface area contributed by atoms with E-state index in [0.717, 1.165) is 18.4 Å². The minimum atomic E-state index is -3.49. The van der Waals surface area contributed by atoms with E-state index in [1.54, 1.807) is 4.31 Å². The summed E-state index contributed by atoms with van der Waals surface area (Å²) in [5.41, 5.74) is 0.156. The van der Waals surface area contributed by atoms with E-state index in [1.807, 2.05) is 17.3 Å². The lowest BCUT2D eigenvalue weighted by atomic mass is 9.70. The molecule has 2 bridgehead atoms. The van der Waals surface area contributed by atoms with Crippen molar-refractivity contribution in [2.24, 2.45) is 16.7 Å². The van der Waals surface area contributed by atoms with Gasteiger partial charge in [-0.2, -0.15) is 4.31 Å². The van der Waals surface area contributed by atoms with Crippen LogP contribution in [0.25, 0.3) is 0 Å². The fourth-order valence-electron chi connectivity index (χ4n) is 5.37. The minimum absolute atomic E-state index is 0.0377. The fraction of sp³-hybridized carbons (Fsp3) is 0.750. The third-order valence-electron chi connectivity index (χ3n) is 7.58. The van der Waals surface area contributed by atoms with Crippen LogP contribution in [0.2, 0.25) is 0 Å². The highest BCUT2D eigenvalue weighted by Crippen LogP contribution is 2.64. The van der Waals surface area contributed by atoms with Crippen molar-refractivity contribution in [2.75, 3.05) is 36.8 Å². The van der Waals surface area contributed by atoms with Gasteiger partial charge in [0.15, 0.2) is 0 Å². The number of nitrogens with zero attached hydrogens (tertiary/aromatic N) is 4. The van der Waals surface area contributed by atoms with Crippen molar-refractivity contribution in [3.63, 3.8) is 0 Å². The Kier molecular flexibility index (Phi) is 4.77. The Bertz CT molecular complexity index is 860. The number of rotatable bonds is 5. The number of hydrogen-bond acceptors (Lipinski definition) is 6. The predicted molar refractivity (Wildman–Crippen MR) is 108 cm³/mol. The molecule has 8 heteroatoms. The van der Waals surface area contributed by atoms with Gasteiger partial charge in [-0.25, -0.2) is 18.4 Å². The van der Waals surface area contributed by atoms with E-state index in [4.69, 9.17) is 0 Å². The average molecular weight is 407 g/mol. The molecule has 1 aliphatic heterocycles. The normalized spacial score (nSPS) is 30.2. The summed E-state index contributed by atoms with van der Waals surface area (Å²) < 4.78 is 28.0. The van der Waals surface area contributed by atoms with E-state index in [0.29, 0.717) is 50.9 Å². The summed E-state index contributed by atoms with van der Waals surface area (Å²) in [6.07, 6.45) is 6.77. The topological polar surface area (TPSA) is 83.5 Å². The van der Waals surface area contributed by atoms with Gasteiger partial charge >= 0.3 is 0 Å². The molecule has 2 atom stereocenters. The molecule has 3 aliphatic rings. The van der Waals surface area contributed by atoms with Gasteiger partial charge in [0.2, 0.25) is 16.0 Å². The van der Waals surface area contributed by atoms with Crippen LogP contribution in [0.4, 0.5) is 5.95 Å². The SMILES string of the molecule is CCc1cnc(N2CCN(S(=O)(=O)CC34CCC(CC3=O)C4(C)C)CC2)nc1. The zero-order valence-electron chi connectivity index (χ0n) is 17.0. The van der Waals surface area contributed by atoms with Gasteiger partial charge in [0.05, 0.1) is 5.75 Å². The third kappa shape index (κ3) is 2.96. The lowest BCUT2D eigenvalue weighted by molar-refractivity contribution is -0.128. The summed E-state index contributed by atoms with van der Waals surface area (Å²) in [6, 6.07) is 0. The molecule has 0 amide bonds. The number of sulfonamides is 1. The van der Waals surface area contributed by atoms with Crippen molar-refractivity contribution in [1.29, 1.82) is 0 Å². The van der Waals surface area contributed by atoms with E-state index in [9.17, 15) is 13.2 Å². The standard InChI is InChI=1S/C20H30N4O3S/c1-4-15-12-21-18(22-13-15)23-7-9-24(10-8-23)28(26,27)14-20-6-5-16(11-17(20)25)19(20,2)3/h12-13,16H,4-11,14H2,1-3H3. The Balaban J connectivity index is 1.44. The molecule has 2 heterocycles. The molecule has 4 rings (SSSR count). The van der Waals surface area contributed by atoms with Crippen LogP contribution in [0.15, 0.2) is 12.4 Å². The lowest BCUT2D eigenvalue weighted by Crippen LogP contribution is -2.53. The Morgan fingerprint density at radius 1 is 1.14 bits per heavy atom. The molecule has 2 saturated carbocycles. The van der Waals surface area contributed by atoms with Crippen LogP contribution in [0.1, 0.15) is 45.6 Å². The van der Waals surface area contributed by atoms with E-state index in [2.05, 4.69) is 30.7 Å². The monoisotopic (exact) mass is 406 g/mol. The number of Topliss-reactive ketones (excluding diaryl/α,β-unsaturated/α-hetero) is 1. The van der Waals surface area contributed by atoms with E-state index in [-0.39, 0.29) is 17.0 Å². The molecule has 28 heavy (non-hydrogen) atoms. The van der Waals surface area contributed by atoms with Crippen molar-refractivity contribution in [3.8, 4) is 0 Å². The third-order valence-corrected chi connectivity index (χ3v) is 9.59.